The van der Waals surface area contributed by atoms with Gasteiger partial charge in [-0.3, -0.25) is 9.89 Å². The normalized spacial score (nSPS) is 24.7. The van der Waals surface area contributed by atoms with E-state index < -0.39 is 12.7 Å². The van der Waals surface area contributed by atoms with Gasteiger partial charge in [-0.15, -0.1) is 0 Å². The first kappa shape index (κ1) is 20.3. The lowest BCUT2D eigenvalue weighted by Gasteiger charge is -2.30. The van der Waals surface area contributed by atoms with E-state index in [4.69, 9.17) is 0 Å². The first-order valence-electron chi connectivity index (χ1n) is 9.34. The Balaban J connectivity index is 1.59. The molecule has 1 atom stereocenters. The van der Waals surface area contributed by atoms with Gasteiger partial charge in [0, 0.05) is 32.7 Å². The zero-order valence-electron chi connectivity index (χ0n) is 15.4. The van der Waals surface area contributed by atoms with Crippen molar-refractivity contribution in [2.75, 3.05) is 52.9 Å². The summed E-state index contributed by atoms with van der Waals surface area (Å²) in [5.41, 5.74) is 0. The lowest BCUT2D eigenvalue weighted by atomic mass is 9.99. The van der Waals surface area contributed by atoms with Crippen LogP contribution in [0.2, 0.25) is 0 Å². The summed E-state index contributed by atoms with van der Waals surface area (Å²) < 4.78 is 37.3. The molecule has 0 radical (unpaired) electrons. The van der Waals surface area contributed by atoms with Crippen molar-refractivity contribution in [3.63, 3.8) is 0 Å². The third-order valence-corrected chi connectivity index (χ3v) is 5.06. The zero-order valence-corrected chi connectivity index (χ0v) is 15.4. The topological polar surface area (TPSA) is 42.9 Å². The lowest BCUT2D eigenvalue weighted by Crippen LogP contribution is -2.45. The van der Waals surface area contributed by atoms with E-state index >= 15 is 0 Å². The molecule has 8 heteroatoms. The predicted molar refractivity (Wildman–Crippen MR) is 94.9 cm³/mol. The quantitative estimate of drug-likeness (QED) is 0.430. The van der Waals surface area contributed by atoms with Crippen LogP contribution in [0.3, 0.4) is 0 Å². The number of piperidine rings is 1. The molecule has 2 rings (SSSR count). The van der Waals surface area contributed by atoms with Gasteiger partial charge >= 0.3 is 6.18 Å². The molecule has 2 N–H and O–H groups in total. The highest BCUT2D eigenvalue weighted by Gasteiger charge is 2.34. The summed E-state index contributed by atoms with van der Waals surface area (Å²) in [6, 6.07) is 0.0251. The van der Waals surface area contributed by atoms with Crippen molar-refractivity contribution < 1.29 is 13.2 Å². The summed E-state index contributed by atoms with van der Waals surface area (Å²) in [5.74, 6) is 1.53. The number of guanidine groups is 1. The van der Waals surface area contributed by atoms with Crippen LogP contribution in [0.5, 0.6) is 0 Å². The minimum absolute atomic E-state index is 0.0251. The molecule has 25 heavy (non-hydrogen) atoms. The van der Waals surface area contributed by atoms with Crippen molar-refractivity contribution in [3.8, 4) is 0 Å². The fourth-order valence-corrected chi connectivity index (χ4v) is 3.53. The standard InChI is InChI=1S/C17H32F3N5/c1-14-4-9-24(10-5-14)8-3-7-22-16(21-2)23-15-6-11-25(12-15)13-17(18,19)20/h14-15H,3-13H2,1-2H3,(H2,21,22,23). The lowest BCUT2D eigenvalue weighted by molar-refractivity contribution is -0.143. The third-order valence-electron chi connectivity index (χ3n) is 5.06. The van der Waals surface area contributed by atoms with Gasteiger partial charge in [0.05, 0.1) is 6.54 Å². The SMILES string of the molecule is CN=C(NCCCN1CCC(C)CC1)NC1CCN(CC(F)(F)F)C1. The number of nitrogens with zero attached hydrogens (tertiary/aromatic N) is 3. The molecule has 1 unspecified atom stereocenters. The molecule has 2 saturated heterocycles. The van der Waals surface area contributed by atoms with E-state index in [1.54, 1.807) is 7.05 Å². The van der Waals surface area contributed by atoms with Gasteiger partial charge in [-0.05, 0) is 51.2 Å². The van der Waals surface area contributed by atoms with E-state index in [0.717, 1.165) is 25.4 Å². The van der Waals surface area contributed by atoms with Crippen LogP contribution in [0.4, 0.5) is 13.2 Å². The van der Waals surface area contributed by atoms with Crippen molar-refractivity contribution in [2.45, 2.75) is 44.8 Å². The van der Waals surface area contributed by atoms with Gasteiger partial charge in [-0.25, -0.2) is 0 Å². The summed E-state index contributed by atoms with van der Waals surface area (Å²) in [5, 5.41) is 6.52. The van der Waals surface area contributed by atoms with Crippen LogP contribution in [-0.4, -0.2) is 80.8 Å². The van der Waals surface area contributed by atoms with Crippen LogP contribution < -0.4 is 10.6 Å². The molecule has 2 aliphatic rings. The molecule has 2 aliphatic heterocycles. The minimum atomic E-state index is -4.12. The first-order valence-corrected chi connectivity index (χ1v) is 9.34. The van der Waals surface area contributed by atoms with Crippen LogP contribution in [0, 0.1) is 5.92 Å². The van der Waals surface area contributed by atoms with Gasteiger partial charge in [0.15, 0.2) is 5.96 Å². The molecule has 0 aliphatic carbocycles. The molecule has 0 aromatic rings. The molecular weight excluding hydrogens is 331 g/mol. The van der Waals surface area contributed by atoms with Gasteiger partial charge in [-0.2, -0.15) is 13.2 Å². The van der Waals surface area contributed by atoms with E-state index in [9.17, 15) is 13.2 Å². The highest BCUT2D eigenvalue weighted by molar-refractivity contribution is 5.79. The Morgan fingerprint density at radius 1 is 1.12 bits per heavy atom. The van der Waals surface area contributed by atoms with Crippen molar-refractivity contribution in [1.29, 1.82) is 0 Å². The minimum Gasteiger partial charge on any atom is -0.356 e. The number of hydrogen-bond acceptors (Lipinski definition) is 3. The molecule has 0 bridgehead atoms. The Hall–Kier alpha value is -1.02. The van der Waals surface area contributed by atoms with Crippen molar-refractivity contribution in [3.05, 3.63) is 0 Å². The zero-order chi connectivity index (χ0) is 18.3. The Bertz CT molecular complexity index is 419. The molecule has 0 spiro atoms. The Morgan fingerprint density at radius 3 is 2.44 bits per heavy atom. The Labute approximate surface area is 149 Å². The number of halogens is 3. The number of nitrogens with one attached hydrogen (secondary N) is 2. The van der Waals surface area contributed by atoms with Gasteiger partial charge < -0.3 is 15.5 Å². The average Bonchev–Trinajstić information content (AvgIpc) is 2.97. The van der Waals surface area contributed by atoms with Crippen LogP contribution in [0.15, 0.2) is 4.99 Å². The second-order valence-electron chi connectivity index (χ2n) is 7.36. The first-order chi connectivity index (χ1) is 11.9. The van der Waals surface area contributed by atoms with Gasteiger partial charge in [-0.1, -0.05) is 6.92 Å². The number of aliphatic imine (C=N–C) groups is 1. The average molecular weight is 363 g/mol. The van der Waals surface area contributed by atoms with Crippen LogP contribution in [0.1, 0.15) is 32.6 Å². The maximum absolute atomic E-state index is 12.4. The third kappa shape index (κ3) is 7.81. The van der Waals surface area contributed by atoms with E-state index in [1.807, 2.05) is 0 Å². The Kier molecular flexibility index (Phi) is 7.81. The number of alkyl halides is 3. The van der Waals surface area contributed by atoms with E-state index in [2.05, 4.69) is 27.4 Å². The second kappa shape index (κ2) is 9.62. The monoisotopic (exact) mass is 363 g/mol. The fourth-order valence-electron chi connectivity index (χ4n) is 3.53. The van der Waals surface area contributed by atoms with E-state index in [1.165, 1.54) is 30.8 Å². The molecule has 2 heterocycles. The van der Waals surface area contributed by atoms with Gasteiger partial charge in [0.2, 0.25) is 0 Å². The maximum atomic E-state index is 12.4. The van der Waals surface area contributed by atoms with Crippen molar-refractivity contribution in [2.24, 2.45) is 10.9 Å². The predicted octanol–water partition coefficient (Wildman–Crippen LogP) is 1.91. The van der Waals surface area contributed by atoms with Gasteiger partial charge in [0.25, 0.3) is 0 Å². The molecule has 5 nitrogen and oxygen atoms in total. The summed E-state index contributed by atoms with van der Waals surface area (Å²) >= 11 is 0. The van der Waals surface area contributed by atoms with Gasteiger partial charge in [0.1, 0.15) is 0 Å². The van der Waals surface area contributed by atoms with Crippen LogP contribution in [0.25, 0.3) is 0 Å². The van der Waals surface area contributed by atoms with E-state index in [-0.39, 0.29) is 6.04 Å². The van der Waals surface area contributed by atoms with Crippen molar-refractivity contribution >= 4 is 5.96 Å². The summed E-state index contributed by atoms with van der Waals surface area (Å²) in [4.78, 5) is 8.14. The number of rotatable bonds is 6. The molecule has 2 fully saturated rings. The summed E-state index contributed by atoms with van der Waals surface area (Å²) in [6.07, 6.45) is 0.198. The van der Waals surface area contributed by atoms with Crippen LogP contribution >= 0.6 is 0 Å². The number of hydrogen-bond donors (Lipinski definition) is 2. The maximum Gasteiger partial charge on any atom is 0.401 e. The smallest absolute Gasteiger partial charge is 0.356 e. The summed E-state index contributed by atoms with van der Waals surface area (Å²) in [7, 11) is 1.70. The Morgan fingerprint density at radius 2 is 1.80 bits per heavy atom. The molecule has 0 amide bonds. The molecule has 146 valence electrons. The fraction of sp³-hybridized carbons (Fsp3) is 0.941. The molecular formula is C17H32F3N5. The van der Waals surface area contributed by atoms with Crippen LogP contribution in [-0.2, 0) is 0 Å². The molecule has 0 aromatic heterocycles. The summed E-state index contributed by atoms with van der Waals surface area (Å²) in [6.45, 7) is 6.65. The van der Waals surface area contributed by atoms with Crippen molar-refractivity contribution in [1.82, 2.24) is 20.4 Å². The molecule has 0 aromatic carbocycles. The highest BCUT2D eigenvalue weighted by atomic mass is 19.4. The number of likely N-dealkylation sites (tertiary alicyclic amines) is 2. The molecule has 0 saturated carbocycles. The largest absolute Gasteiger partial charge is 0.401 e. The van der Waals surface area contributed by atoms with E-state index in [0.29, 0.717) is 25.5 Å². The highest BCUT2D eigenvalue weighted by Crippen LogP contribution is 2.20. The second-order valence-corrected chi connectivity index (χ2v) is 7.36.